The summed E-state index contributed by atoms with van der Waals surface area (Å²) in [4.78, 5) is 3.92. The summed E-state index contributed by atoms with van der Waals surface area (Å²) in [6.45, 7) is 5.33. The Labute approximate surface area is 109 Å². The molecule has 18 heavy (non-hydrogen) atoms. The summed E-state index contributed by atoms with van der Waals surface area (Å²) in [5.74, 6) is 0. The Balaban J connectivity index is 2.38. The number of sulfonamides is 1. The number of hydrogen-bond acceptors (Lipinski definition) is 4. The summed E-state index contributed by atoms with van der Waals surface area (Å²) in [5, 5.41) is 2.61. The molecule has 0 spiro atoms. The third kappa shape index (κ3) is 5.12. The van der Waals surface area contributed by atoms with Crippen LogP contribution in [0, 0.1) is 0 Å². The molecule has 6 heteroatoms. The minimum atomic E-state index is -3.23. The lowest BCUT2D eigenvalue weighted by molar-refractivity contribution is 0.560. The van der Waals surface area contributed by atoms with Crippen molar-refractivity contribution in [3.8, 4) is 0 Å². The average Bonchev–Trinajstić information content (AvgIpc) is 2.37. The van der Waals surface area contributed by atoms with Gasteiger partial charge < -0.3 is 5.32 Å². The van der Waals surface area contributed by atoms with Crippen molar-refractivity contribution < 1.29 is 8.42 Å². The van der Waals surface area contributed by atoms with E-state index in [1.807, 2.05) is 19.1 Å². The highest BCUT2D eigenvalue weighted by Gasteiger charge is 2.18. The zero-order valence-electron chi connectivity index (χ0n) is 10.9. The Morgan fingerprint density at radius 3 is 2.61 bits per heavy atom. The lowest BCUT2D eigenvalue weighted by Crippen LogP contribution is -2.39. The molecule has 0 saturated heterocycles. The van der Waals surface area contributed by atoms with Gasteiger partial charge >= 0.3 is 0 Å². The highest BCUT2D eigenvalue weighted by Crippen LogP contribution is 1.99. The van der Waals surface area contributed by atoms with Crippen molar-refractivity contribution in [1.82, 2.24) is 15.0 Å². The maximum Gasteiger partial charge on any atom is 0.215 e. The van der Waals surface area contributed by atoms with Gasteiger partial charge in [0.2, 0.25) is 10.0 Å². The van der Waals surface area contributed by atoms with E-state index in [9.17, 15) is 8.42 Å². The van der Waals surface area contributed by atoms with Crippen molar-refractivity contribution in [2.75, 3.05) is 19.6 Å². The molecule has 0 aromatic carbocycles. The van der Waals surface area contributed by atoms with Crippen LogP contribution in [0.4, 0.5) is 0 Å². The van der Waals surface area contributed by atoms with Gasteiger partial charge in [-0.3, -0.25) is 4.98 Å². The molecule has 0 amide bonds. The van der Waals surface area contributed by atoms with Crippen molar-refractivity contribution in [2.24, 2.45) is 0 Å². The van der Waals surface area contributed by atoms with E-state index in [-0.39, 0.29) is 0 Å². The molecule has 0 saturated carbocycles. The molecule has 1 atom stereocenters. The first-order chi connectivity index (χ1) is 8.56. The molecule has 5 nitrogen and oxygen atoms in total. The number of pyridine rings is 1. The van der Waals surface area contributed by atoms with Gasteiger partial charge in [-0.05, 0) is 37.6 Å². The van der Waals surface area contributed by atoms with Crippen molar-refractivity contribution in [3.63, 3.8) is 0 Å². The second-order valence-electron chi connectivity index (χ2n) is 4.16. The summed E-state index contributed by atoms with van der Waals surface area (Å²) < 4.78 is 26.4. The first kappa shape index (κ1) is 15.1. The maximum atomic E-state index is 11.9. The van der Waals surface area contributed by atoms with Crippen molar-refractivity contribution in [2.45, 2.75) is 25.5 Å². The predicted octanol–water partition coefficient (Wildman–Crippen LogP) is 0.542. The molecule has 1 aromatic rings. The largest absolute Gasteiger partial charge is 0.316 e. The van der Waals surface area contributed by atoms with Gasteiger partial charge in [0.1, 0.15) is 0 Å². The first-order valence-corrected chi connectivity index (χ1v) is 7.69. The highest BCUT2D eigenvalue weighted by atomic mass is 32.2. The molecule has 0 radical (unpaired) electrons. The van der Waals surface area contributed by atoms with Crippen molar-refractivity contribution >= 4 is 10.0 Å². The lowest BCUT2D eigenvalue weighted by Gasteiger charge is -2.14. The van der Waals surface area contributed by atoms with Crippen LogP contribution in [0.3, 0.4) is 0 Å². The van der Waals surface area contributed by atoms with Gasteiger partial charge in [-0.1, -0.05) is 6.92 Å². The minimum Gasteiger partial charge on any atom is -0.316 e. The predicted molar refractivity (Wildman–Crippen MR) is 72.9 cm³/mol. The fourth-order valence-electron chi connectivity index (χ4n) is 1.49. The second-order valence-corrected chi connectivity index (χ2v) is 6.35. The summed E-state index contributed by atoms with van der Waals surface area (Å²) >= 11 is 0. The molecule has 1 heterocycles. The molecule has 102 valence electrons. The minimum absolute atomic E-state index is 0.419. The standard InChI is InChI=1S/C12H21N3O2S/c1-3-13-10-11(2)18(16,17)15-9-6-12-4-7-14-8-5-12/h4-5,7-8,11,13,15H,3,6,9-10H2,1-2H3. The molecule has 1 unspecified atom stereocenters. The number of nitrogens with one attached hydrogen (secondary N) is 2. The summed E-state index contributed by atoms with van der Waals surface area (Å²) in [5.41, 5.74) is 1.08. The van der Waals surface area contributed by atoms with Crippen LogP contribution in [-0.4, -0.2) is 38.3 Å². The van der Waals surface area contributed by atoms with Crippen LogP contribution in [0.5, 0.6) is 0 Å². The zero-order chi connectivity index (χ0) is 13.4. The maximum absolute atomic E-state index is 11.9. The van der Waals surface area contributed by atoms with E-state index in [4.69, 9.17) is 0 Å². The van der Waals surface area contributed by atoms with Crippen LogP contribution in [0.15, 0.2) is 24.5 Å². The molecule has 0 aliphatic heterocycles. The molecule has 1 rings (SSSR count). The Bertz CT molecular complexity index is 434. The molecule has 0 aliphatic rings. The van der Waals surface area contributed by atoms with E-state index in [1.54, 1.807) is 19.3 Å². The van der Waals surface area contributed by atoms with Gasteiger partial charge in [0.05, 0.1) is 5.25 Å². The molecule has 0 aliphatic carbocycles. The summed E-state index contributed by atoms with van der Waals surface area (Å²) in [6.07, 6.45) is 4.09. The zero-order valence-corrected chi connectivity index (χ0v) is 11.7. The molecular weight excluding hydrogens is 250 g/mol. The quantitative estimate of drug-likeness (QED) is 0.724. The molecule has 0 bridgehead atoms. The molecule has 0 fully saturated rings. The topological polar surface area (TPSA) is 71.1 Å². The van der Waals surface area contributed by atoms with E-state index >= 15 is 0 Å². The Kier molecular flexibility index (Phi) is 6.24. The average molecular weight is 271 g/mol. The normalized spacial score (nSPS) is 13.4. The van der Waals surface area contributed by atoms with Gasteiger partial charge in [0.25, 0.3) is 0 Å². The van der Waals surface area contributed by atoms with Gasteiger partial charge in [-0.25, -0.2) is 13.1 Å². The number of aromatic nitrogens is 1. The smallest absolute Gasteiger partial charge is 0.215 e. The molecule has 2 N–H and O–H groups in total. The van der Waals surface area contributed by atoms with Crippen LogP contribution in [0.25, 0.3) is 0 Å². The number of rotatable bonds is 8. The van der Waals surface area contributed by atoms with Crippen molar-refractivity contribution in [3.05, 3.63) is 30.1 Å². The fraction of sp³-hybridized carbons (Fsp3) is 0.583. The third-order valence-corrected chi connectivity index (χ3v) is 4.51. The number of hydrogen-bond donors (Lipinski definition) is 2. The first-order valence-electron chi connectivity index (χ1n) is 6.14. The van der Waals surface area contributed by atoms with E-state index in [0.717, 1.165) is 12.1 Å². The van der Waals surface area contributed by atoms with E-state index < -0.39 is 15.3 Å². The van der Waals surface area contributed by atoms with E-state index in [2.05, 4.69) is 15.0 Å². The molecular formula is C12H21N3O2S. The summed E-state index contributed by atoms with van der Waals surface area (Å²) in [6, 6.07) is 3.77. The van der Waals surface area contributed by atoms with Crippen LogP contribution >= 0.6 is 0 Å². The third-order valence-electron chi connectivity index (χ3n) is 2.68. The lowest BCUT2D eigenvalue weighted by atomic mass is 10.2. The second kappa shape index (κ2) is 7.45. The summed E-state index contributed by atoms with van der Waals surface area (Å²) in [7, 11) is -3.23. The highest BCUT2D eigenvalue weighted by molar-refractivity contribution is 7.90. The van der Waals surface area contributed by atoms with Crippen LogP contribution < -0.4 is 10.0 Å². The SMILES string of the molecule is CCNCC(C)S(=O)(=O)NCCc1ccncc1. The molecule has 1 aromatic heterocycles. The number of nitrogens with zero attached hydrogens (tertiary/aromatic N) is 1. The fourth-order valence-corrected chi connectivity index (χ4v) is 2.50. The van der Waals surface area contributed by atoms with Crippen LogP contribution in [-0.2, 0) is 16.4 Å². The Morgan fingerprint density at radius 2 is 2.00 bits per heavy atom. The van der Waals surface area contributed by atoms with E-state index in [1.165, 1.54) is 0 Å². The van der Waals surface area contributed by atoms with E-state index in [0.29, 0.717) is 19.5 Å². The Hall–Kier alpha value is -0.980. The Morgan fingerprint density at radius 1 is 1.33 bits per heavy atom. The van der Waals surface area contributed by atoms with Gasteiger partial charge in [-0.15, -0.1) is 0 Å². The van der Waals surface area contributed by atoms with Gasteiger partial charge in [-0.2, -0.15) is 0 Å². The van der Waals surface area contributed by atoms with Crippen LogP contribution in [0.2, 0.25) is 0 Å². The van der Waals surface area contributed by atoms with Gasteiger partial charge in [0, 0.05) is 25.5 Å². The van der Waals surface area contributed by atoms with Gasteiger partial charge in [0.15, 0.2) is 0 Å². The monoisotopic (exact) mass is 271 g/mol. The van der Waals surface area contributed by atoms with Crippen LogP contribution in [0.1, 0.15) is 19.4 Å². The van der Waals surface area contributed by atoms with Crippen molar-refractivity contribution in [1.29, 1.82) is 0 Å².